The van der Waals surface area contributed by atoms with E-state index in [-0.39, 0.29) is 5.69 Å². The van der Waals surface area contributed by atoms with Gasteiger partial charge in [0.05, 0.1) is 5.56 Å². The Hall–Kier alpha value is -1.39. The van der Waals surface area contributed by atoms with Crippen molar-refractivity contribution in [2.45, 2.75) is 19.0 Å². The molecule has 0 atom stereocenters. The molecule has 2 nitrogen and oxygen atoms in total. The minimum Gasteiger partial charge on any atom is -0.398 e. The van der Waals surface area contributed by atoms with E-state index in [0.717, 1.165) is 37.7 Å². The van der Waals surface area contributed by atoms with Crippen molar-refractivity contribution in [1.29, 1.82) is 0 Å². The van der Waals surface area contributed by atoms with Crippen molar-refractivity contribution in [3.8, 4) is 0 Å². The van der Waals surface area contributed by atoms with E-state index in [4.69, 9.17) is 5.73 Å². The van der Waals surface area contributed by atoms with Crippen LogP contribution in [-0.4, -0.2) is 13.1 Å². The van der Waals surface area contributed by atoms with Gasteiger partial charge in [0.15, 0.2) is 0 Å². The van der Waals surface area contributed by atoms with Crippen molar-refractivity contribution >= 4 is 11.4 Å². The number of nitrogens with two attached hydrogens (primary N) is 1. The van der Waals surface area contributed by atoms with Crippen molar-refractivity contribution in [3.63, 3.8) is 0 Å². The molecule has 88 valence electrons. The summed E-state index contributed by atoms with van der Waals surface area (Å²) in [4.78, 5) is 2.05. The lowest BCUT2D eigenvalue weighted by Crippen LogP contribution is -2.18. The fourth-order valence-corrected chi connectivity index (χ4v) is 1.98. The summed E-state index contributed by atoms with van der Waals surface area (Å²) in [6, 6.07) is 3.96. The quantitative estimate of drug-likeness (QED) is 0.751. The van der Waals surface area contributed by atoms with Gasteiger partial charge in [-0.2, -0.15) is 13.2 Å². The Kier molecular flexibility index (Phi) is 2.69. The van der Waals surface area contributed by atoms with Crippen molar-refractivity contribution in [1.82, 2.24) is 0 Å². The largest absolute Gasteiger partial charge is 0.418 e. The van der Waals surface area contributed by atoms with Gasteiger partial charge in [0.2, 0.25) is 0 Å². The molecule has 1 aliphatic rings. The Balaban J connectivity index is 2.29. The summed E-state index contributed by atoms with van der Waals surface area (Å²) < 4.78 is 37.4. The van der Waals surface area contributed by atoms with Crippen LogP contribution in [0.1, 0.15) is 18.4 Å². The van der Waals surface area contributed by atoms with Crippen molar-refractivity contribution in [3.05, 3.63) is 23.8 Å². The van der Waals surface area contributed by atoms with E-state index < -0.39 is 11.7 Å². The molecular weight excluding hydrogens is 217 g/mol. The first-order chi connectivity index (χ1) is 7.48. The molecule has 0 amide bonds. The summed E-state index contributed by atoms with van der Waals surface area (Å²) >= 11 is 0. The summed E-state index contributed by atoms with van der Waals surface area (Å²) in [5, 5.41) is 0. The van der Waals surface area contributed by atoms with Gasteiger partial charge in [-0.05, 0) is 31.0 Å². The number of benzene rings is 1. The van der Waals surface area contributed by atoms with Gasteiger partial charge >= 0.3 is 6.18 Å². The van der Waals surface area contributed by atoms with E-state index in [2.05, 4.69) is 4.90 Å². The minimum atomic E-state index is -4.37. The fourth-order valence-electron chi connectivity index (χ4n) is 1.98. The van der Waals surface area contributed by atoms with E-state index in [9.17, 15) is 13.2 Å². The van der Waals surface area contributed by atoms with Crippen LogP contribution in [0, 0.1) is 0 Å². The summed E-state index contributed by atoms with van der Waals surface area (Å²) in [7, 11) is 0. The van der Waals surface area contributed by atoms with Crippen LogP contribution in [0.3, 0.4) is 0 Å². The minimum absolute atomic E-state index is 0.197. The molecule has 1 heterocycles. The zero-order valence-electron chi connectivity index (χ0n) is 8.72. The number of nitrogens with zero attached hydrogens (tertiary/aromatic N) is 1. The SMILES string of the molecule is Nc1cc(N2CCCC2)ccc1C(F)(F)F. The van der Waals surface area contributed by atoms with E-state index in [1.165, 1.54) is 12.1 Å². The third-order valence-corrected chi connectivity index (χ3v) is 2.81. The smallest absolute Gasteiger partial charge is 0.398 e. The van der Waals surface area contributed by atoms with Crippen LogP contribution in [0.15, 0.2) is 18.2 Å². The van der Waals surface area contributed by atoms with Crippen LogP contribution in [0.5, 0.6) is 0 Å². The maximum atomic E-state index is 12.5. The molecule has 0 saturated carbocycles. The topological polar surface area (TPSA) is 29.3 Å². The molecular formula is C11H13F3N2. The van der Waals surface area contributed by atoms with Gasteiger partial charge in [0.1, 0.15) is 0 Å². The predicted octanol–water partition coefficient (Wildman–Crippen LogP) is 2.89. The van der Waals surface area contributed by atoms with Gasteiger partial charge in [-0.25, -0.2) is 0 Å². The highest BCUT2D eigenvalue weighted by Crippen LogP contribution is 2.35. The van der Waals surface area contributed by atoms with Gasteiger partial charge in [-0.1, -0.05) is 0 Å². The van der Waals surface area contributed by atoms with Crippen molar-refractivity contribution < 1.29 is 13.2 Å². The van der Waals surface area contributed by atoms with Crippen LogP contribution in [-0.2, 0) is 6.18 Å². The predicted molar refractivity (Wildman–Crippen MR) is 57.3 cm³/mol. The molecule has 0 spiro atoms. The highest BCUT2D eigenvalue weighted by atomic mass is 19.4. The number of rotatable bonds is 1. The number of halogens is 3. The van der Waals surface area contributed by atoms with Crippen LogP contribution in [0.25, 0.3) is 0 Å². The number of hydrogen-bond donors (Lipinski definition) is 1. The molecule has 0 aliphatic carbocycles. The monoisotopic (exact) mass is 230 g/mol. The Labute approximate surface area is 91.8 Å². The molecule has 0 unspecified atom stereocenters. The Bertz CT molecular complexity index is 381. The Morgan fingerprint density at radius 3 is 2.25 bits per heavy atom. The van der Waals surface area contributed by atoms with Gasteiger partial charge in [-0.15, -0.1) is 0 Å². The second-order valence-electron chi connectivity index (χ2n) is 3.96. The van der Waals surface area contributed by atoms with Crippen molar-refractivity contribution in [2.24, 2.45) is 0 Å². The lowest BCUT2D eigenvalue weighted by atomic mass is 10.1. The van der Waals surface area contributed by atoms with Gasteiger partial charge in [0.25, 0.3) is 0 Å². The molecule has 1 aliphatic heterocycles. The van der Waals surface area contributed by atoms with Gasteiger partial charge < -0.3 is 10.6 Å². The average molecular weight is 230 g/mol. The van der Waals surface area contributed by atoms with Crippen LogP contribution in [0.2, 0.25) is 0 Å². The maximum Gasteiger partial charge on any atom is 0.418 e. The van der Waals surface area contributed by atoms with Crippen LogP contribution >= 0.6 is 0 Å². The van der Waals surface area contributed by atoms with Crippen molar-refractivity contribution in [2.75, 3.05) is 23.7 Å². The molecule has 2 rings (SSSR count). The highest BCUT2D eigenvalue weighted by molar-refractivity contribution is 5.61. The maximum absolute atomic E-state index is 12.5. The number of hydrogen-bond acceptors (Lipinski definition) is 2. The van der Waals surface area contributed by atoms with E-state index >= 15 is 0 Å². The summed E-state index contributed by atoms with van der Waals surface area (Å²) in [5.41, 5.74) is 5.26. The average Bonchev–Trinajstić information content (AvgIpc) is 2.68. The van der Waals surface area contributed by atoms with E-state index in [0.29, 0.717) is 0 Å². The zero-order valence-corrected chi connectivity index (χ0v) is 8.72. The first-order valence-corrected chi connectivity index (χ1v) is 5.20. The molecule has 2 N–H and O–H groups in total. The van der Waals surface area contributed by atoms with Gasteiger partial charge in [-0.3, -0.25) is 0 Å². The molecule has 1 fully saturated rings. The van der Waals surface area contributed by atoms with Crippen LogP contribution in [0.4, 0.5) is 24.5 Å². The first kappa shape index (κ1) is 11.1. The van der Waals surface area contributed by atoms with Gasteiger partial charge in [0, 0.05) is 24.5 Å². The molecule has 1 saturated heterocycles. The van der Waals surface area contributed by atoms with E-state index in [1.54, 1.807) is 0 Å². The zero-order chi connectivity index (χ0) is 11.8. The first-order valence-electron chi connectivity index (χ1n) is 5.20. The number of alkyl halides is 3. The third kappa shape index (κ3) is 2.08. The summed E-state index contributed by atoms with van der Waals surface area (Å²) in [6.45, 7) is 1.79. The summed E-state index contributed by atoms with van der Waals surface area (Å²) in [6.07, 6.45) is -2.20. The normalized spacial score (nSPS) is 16.8. The standard InChI is InChI=1S/C11H13F3N2/c12-11(13,14)9-4-3-8(7-10(9)15)16-5-1-2-6-16/h3-4,7H,1-2,5-6,15H2. The molecule has 16 heavy (non-hydrogen) atoms. The summed E-state index contributed by atoms with van der Waals surface area (Å²) in [5.74, 6) is 0. The second kappa shape index (κ2) is 3.88. The van der Waals surface area contributed by atoms with E-state index in [1.807, 2.05) is 0 Å². The lowest BCUT2D eigenvalue weighted by molar-refractivity contribution is -0.136. The Morgan fingerprint density at radius 1 is 1.12 bits per heavy atom. The molecule has 1 aromatic rings. The molecule has 0 aromatic heterocycles. The molecule has 1 aromatic carbocycles. The molecule has 0 bridgehead atoms. The number of anilines is 2. The fraction of sp³-hybridized carbons (Fsp3) is 0.455. The molecule has 5 heteroatoms. The second-order valence-corrected chi connectivity index (χ2v) is 3.96. The third-order valence-electron chi connectivity index (χ3n) is 2.81. The number of nitrogen functional groups attached to an aromatic ring is 1. The Morgan fingerprint density at radius 2 is 1.75 bits per heavy atom. The highest BCUT2D eigenvalue weighted by Gasteiger charge is 2.33. The lowest BCUT2D eigenvalue weighted by Gasteiger charge is -2.19. The molecule has 0 radical (unpaired) electrons. The van der Waals surface area contributed by atoms with Crippen LogP contribution < -0.4 is 10.6 Å².